The number of ether oxygens (including phenoxy) is 1. The van der Waals surface area contributed by atoms with Gasteiger partial charge in [-0.2, -0.15) is 0 Å². The molecule has 1 fully saturated rings. The second-order valence-corrected chi connectivity index (χ2v) is 5.57. The largest absolute Gasteiger partial charge is 0.381 e. The molecule has 2 heterocycles. The zero-order valence-corrected chi connectivity index (χ0v) is 12.7. The molecule has 1 amide bonds. The minimum atomic E-state index is 0.0319. The fraction of sp³-hybridized carbons (Fsp3) is 0.667. The number of rotatable bonds is 3. The van der Waals surface area contributed by atoms with E-state index in [2.05, 4.69) is 23.8 Å². The van der Waals surface area contributed by atoms with Crippen LogP contribution in [0.3, 0.4) is 0 Å². The molecule has 1 saturated heterocycles. The zero-order valence-electron chi connectivity index (χ0n) is 12.7. The molecule has 1 aromatic heterocycles. The Bertz CT molecular complexity index is 482. The lowest BCUT2D eigenvalue weighted by Crippen LogP contribution is -2.47. The maximum absolute atomic E-state index is 12.8. The van der Waals surface area contributed by atoms with E-state index in [1.165, 1.54) is 0 Å². The van der Waals surface area contributed by atoms with E-state index < -0.39 is 0 Å². The van der Waals surface area contributed by atoms with E-state index in [4.69, 9.17) is 4.74 Å². The van der Waals surface area contributed by atoms with Crippen LogP contribution >= 0.6 is 0 Å². The Hall–Kier alpha value is -1.49. The molecule has 0 radical (unpaired) electrons. The first kappa shape index (κ1) is 14.9. The number of aryl methyl sites for hydroxylation is 2. The van der Waals surface area contributed by atoms with E-state index in [0.717, 1.165) is 31.7 Å². The van der Waals surface area contributed by atoms with Crippen molar-refractivity contribution in [1.29, 1.82) is 0 Å². The van der Waals surface area contributed by atoms with Gasteiger partial charge in [0.15, 0.2) is 0 Å². The summed E-state index contributed by atoms with van der Waals surface area (Å²) in [6.07, 6.45) is 3.44. The minimum absolute atomic E-state index is 0.0319. The summed E-state index contributed by atoms with van der Waals surface area (Å²) in [7, 11) is 0. The van der Waals surface area contributed by atoms with Crippen LogP contribution in [0.15, 0.2) is 6.20 Å². The summed E-state index contributed by atoms with van der Waals surface area (Å²) in [6, 6.07) is 0.406. The number of hydrogen-bond acceptors (Lipinski definition) is 4. The molecule has 0 atom stereocenters. The fourth-order valence-corrected chi connectivity index (χ4v) is 2.72. The molecule has 110 valence electrons. The summed E-state index contributed by atoms with van der Waals surface area (Å²) in [5, 5.41) is 0. The lowest BCUT2D eigenvalue weighted by Gasteiger charge is -2.37. The maximum atomic E-state index is 12.8. The molecule has 0 spiro atoms. The van der Waals surface area contributed by atoms with Crippen molar-refractivity contribution in [2.24, 2.45) is 0 Å². The van der Waals surface area contributed by atoms with Crippen molar-refractivity contribution < 1.29 is 9.53 Å². The molecular formula is C15H23N3O2. The Kier molecular flexibility index (Phi) is 4.70. The van der Waals surface area contributed by atoms with Gasteiger partial charge in [-0.3, -0.25) is 4.79 Å². The standard InChI is InChI=1S/C15H23N3O2/c1-10(2)18(13-5-7-20-8-6-13)15(19)14-9-16-12(4)17-11(14)3/h9-10,13H,5-8H2,1-4H3. The van der Waals surface area contributed by atoms with E-state index in [1.54, 1.807) is 6.20 Å². The quantitative estimate of drug-likeness (QED) is 0.849. The number of hydrogen-bond donors (Lipinski definition) is 0. The smallest absolute Gasteiger partial charge is 0.257 e. The highest BCUT2D eigenvalue weighted by molar-refractivity contribution is 5.95. The molecule has 0 aromatic carbocycles. The predicted molar refractivity (Wildman–Crippen MR) is 76.7 cm³/mol. The first-order valence-electron chi connectivity index (χ1n) is 7.21. The first-order valence-corrected chi connectivity index (χ1v) is 7.21. The second kappa shape index (κ2) is 6.31. The lowest BCUT2D eigenvalue weighted by molar-refractivity contribution is 0.0205. The highest BCUT2D eigenvalue weighted by Crippen LogP contribution is 2.20. The summed E-state index contributed by atoms with van der Waals surface area (Å²) < 4.78 is 5.39. The van der Waals surface area contributed by atoms with Crippen LogP contribution in [0.5, 0.6) is 0 Å². The van der Waals surface area contributed by atoms with Crippen LogP contribution in [0.4, 0.5) is 0 Å². The van der Waals surface area contributed by atoms with Crippen LogP contribution in [0.1, 0.15) is 48.6 Å². The molecule has 0 N–H and O–H groups in total. The van der Waals surface area contributed by atoms with Crippen molar-refractivity contribution in [3.63, 3.8) is 0 Å². The normalized spacial score (nSPS) is 16.4. The predicted octanol–water partition coefficient (Wildman–Crippen LogP) is 2.12. The lowest BCUT2D eigenvalue weighted by atomic mass is 10.0. The average Bonchev–Trinajstić information content (AvgIpc) is 2.39. The van der Waals surface area contributed by atoms with Gasteiger partial charge in [-0.15, -0.1) is 0 Å². The second-order valence-electron chi connectivity index (χ2n) is 5.57. The fourth-order valence-electron chi connectivity index (χ4n) is 2.72. The first-order chi connectivity index (χ1) is 9.50. The summed E-state index contributed by atoms with van der Waals surface area (Å²) in [5.41, 5.74) is 1.36. The third kappa shape index (κ3) is 3.15. The topological polar surface area (TPSA) is 55.3 Å². The molecular weight excluding hydrogens is 254 g/mol. The van der Waals surface area contributed by atoms with E-state index in [1.807, 2.05) is 18.7 Å². The van der Waals surface area contributed by atoms with Crippen molar-refractivity contribution in [1.82, 2.24) is 14.9 Å². The maximum Gasteiger partial charge on any atom is 0.257 e. The van der Waals surface area contributed by atoms with E-state index >= 15 is 0 Å². The Labute approximate surface area is 120 Å². The van der Waals surface area contributed by atoms with Crippen molar-refractivity contribution in [2.75, 3.05) is 13.2 Å². The van der Waals surface area contributed by atoms with Gasteiger partial charge in [0.05, 0.1) is 11.3 Å². The number of carbonyl (C=O) groups excluding carboxylic acids is 1. The van der Waals surface area contributed by atoms with Crippen LogP contribution in [-0.4, -0.2) is 46.1 Å². The van der Waals surface area contributed by atoms with Crippen LogP contribution in [0, 0.1) is 13.8 Å². The molecule has 0 unspecified atom stereocenters. The van der Waals surface area contributed by atoms with Gasteiger partial charge in [-0.1, -0.05) is 0 Å². The Morgan fingerprint density at radius 3 is 2.55 bits per heavy atom. The molecule has 1 aromatic rings. The SMILES string of the molecule is Cc1ncc(C(=O)N(C(C)C)C2CCOCC2)c(C)n1. The molecule has 1 aliphatic rings. The Morgan fingerprint density at radius 1 is 1.35 bits per heavy atom. The molecule has 0 aliphatic carbocycles. The molecule has 1 aliphatic heterocycles. The van der Waals surface area contributed by atoms with Gasteiger partial charge in [0.2, 0.25) is 0 Å². The van der Waals surface area contributed by atoms with Crippen molar-refractivity contribution in [3.8, 4) is 0 Å². The van der Waals surface area contributed by atoms with E-state index in [-0.39, 0.29) is 18.0 Å². The molecule has 20 heavy (non-hydrogen) atoms. The highest BCUT2D eigenvalue weighted by atomic mass is 16.5. The van der Waals surface area contributed by atoms with Crippen LogP contribution in [-0.2, 0) is 4.74 Å². The molecule has 5 nitrogen and oxygen atoms in total. The highest BCUT2D eigenvalue weighted by Gasteiger charge is 2.29. The zero-order chi connectivity index (χ0) is 14.7. The van der Waals surface area contributed by atoms with Crippen molar-refractivity contribution in [3.05, 3.63) is 23.3 Å². The summed E-state index contributed by atoms with van der Waals surface area (Å²) in [6.45, 7) is 9.26. The van der Waals surface area contributed by atoms with E-state index in [9.17, 15) is 4.79 Å². The van der Waals surface area contributed by atoms with Gasteiger partial charge in [-0.25, -0.2) is 9.97 Å². The van der Waals surface area contributed by atoms with E-state index in [0.29, 0.717) is 11.4 Å². The third-order valence-corrected chi connectivity index (χ3v) is 3.71. The summed E-state index contributed by atoms with van der Waals surface area (Å²) >= 11 is 0. The summed E-state index contributed by atoms with van der Waals surface area (Å²) in [4.78, 5) is 23.2. The number of carbonyl (C=O) groups is 1. The van der Waals surface area contributed by atoms with Gasteiger partial charge in [0, 0.05) is 31.5 Å². The van der Waals surface area contributed by atoms with Crippen LogP contribution in [0.25, 0.3) is 0 Å². The number of amides is 1. The van der Waals surface area contributed by atoms with Gasteiger partial charge in [-0.05, 0) is 40.5 Å². The summed E-state index contributed by atoms with van der Waals surface area (Å²) in [5.74, 6) is 0.727. The third-order valence-electron chi connectivity index (χ3n) is 3.71. The molecule has 5 heteroatoms. The van der Waals surface area contributed by atoms with Gasteiger partial charge in [0.25, 0.3) is 5.91 Å². The Morgan fingerprint density at radius 2 is 2.00 bits per heavy atom. The number of aromatic nitrogens is 2. The van der Waals surface area contributed by atoms with Crippen molar-refractivity contribution in [2.45, 2.75) is 52.6 Å². The minimum Gasteiger partial charge on any atom is -0.381 e. The monoisotopic (exact) mass is 277 g/mol. The van der Waals surface area contributed by atoms with Crippen molar-refractivity contribution >= 4 is 5.91 Å². The van der Waals surface area contributed by atoms with Crippen LogP contribution in [0.2, 0.25) is 0 Å². The van der Waals surface area contributed by atoms with Gasteiger partial charge < -0.3 is 9.64 Å². The Balaban J connectivity index is 2.26. The van der Waals surface area contributed by atoms with Crippen LogP contribution < -0.4 is 0 Å². The number of nitrogens with zero attached hydrogens (tertiary/aromatic N) is 3. The van der Waals surface area contributed by atoms with Gasteiger partial charge in [0.1, 0.15) is 5.82 Å². The van der Waals surface area contributed by atoms with Gasteiger partial charge >= 0.3 is 0 Å². The molecule has 2 rings (SSSR count). The molecule has 0 saturated carbocycles. The molecule has 0 bridgehead atoms. The average molecular weight is 277 g/mol.